The average molecular weight is 106 g/mol. The second-order valence-electron chi connectivity index (χ2n) is 0.918. The molecule has 0 saturated carbocycles. The van der Waals surface area contributed by atoms with E-state index in [9.17, 15) is 0 Å². The molecule has 0 aliphatic heterocycles. The molecule has 2 N–H and O–H groups in total. The maximum atomic E-state index is 4.96. The van der Waals surface area contributed by atoms with Crippen LogP contribution < -0.4 is 5.73 Å². The van der Waals surface area contributed by atoms with Crippen molar-refractivity contribution in [1.82, 2.24) is 5.23 Å². The minimum Gasteiger partial charge on any atom is -0.307 e. The molecule has 0 aromatic carbocycles. The molecule has 7 heavy (non-hydrogen) atoms. The molecule has 4 nitrogen and oxygen atoms in total. The van der Waals surface area contributed by atoms with E-state index in [1.165, 1.54) is 12.3 Å². The van der Waals surface area contributed by atoms with Crippen molar-refractivity contribution < 1.29 is 9.68 Å². The fourth-order valence-corrected chi connectivity index (χ4v) is 0.158. The molecular weight excluding hydrogens is 96.0 g/mol. The van der Waals surface area contributed by atoms with Crippen molar-refractivity contribution in [3.8, 4) is 0 Å². The van der Waals surface area contributed by atoms with Gasteiger partial charge in [-0.2, -0.15) is 0 Å². The summed E-state index contributed by atoms with van der Waals surface area (Å²) in [5.74, 6) is 0. The van der Waals surface area contributed by atoms with Crippen LogP contribution in [0, 0.1) is 0 Å². The highest BCUT2D eigenvalue weighted by Crippen LogP contribution is 1.77. The predicted octanol–water partition coefficient (Wildman–Crippen LogP) is -0.673. The zero-order valence-corrected chi connectivity index (χ0v) is 4.55. The van der Waals surface area contributed by atoms with Crippen LogP contribution in [-0.2, 0) is 9.68 Å². The molecule has 4 heteroatoms. The van der Waals surface area contributed by atoms with Crippen LogP contribution in [0.4, 0.5) is 0 Å². The highest BCUT2D eigenvalue weighted by Gasteiger charge is 1.86. The van der Waals surface area contributed by atoms with Crippen molar-refractivity contribution >= 4 is 0 Å². The summed E-state index contributed by atoms with van der Waals surface area (Å²) >= 11 is 0. The molecule has 0 aliphatic carbocycles. The van der Waals surface area contributed by atoms with E-state index in [2.05, 4.69) is 9.68 Å². The van der Waals surface area contributed by atoms with Crippen LogP contribution >= 0.6 is 0 Å². The van der Waals surface area contributed by atoms with E-state index in [0.29, 0.717) is 0 Å². The molecular formula is C3H10N2O2. The van der Waals surface area contributed by atoms with E-state index in [1.807, 2.05) is 0 Å². The van der Waals surface area contributed by atoms with E-state index in [0.717, 1.165) is 0 Å². The summed E-state index contributed by atoms with van der Waals surface area (Å²) in [6, 6.07) is 0. The minimum absolute atomic E-state index is 0.143. The third kappa shape index (κ3) is 3.68. The number of nitrogens with zero attached hydrogens (tertiary/aromatic N) is 1. The van der Waals surface area contributed by atoms with Gasteiger partial charge < -0.3 is 5.73 Å². The molecule has 0 saturated heterocycles. The molecule has 0 unspecified atom stereocenters. The predicted molar refractivity (Wildman–Crippen MR) is 24.9 cm³/mol. The Morgan fingerprint density at radius 2 is 2.29 bits per heavy atom. The van der Waals surface area contributed by atoms with Gasteiger partial charge in [-0.05, 0) is 0 Å². The number of hydrogen-bond acceptors (Lipinski definition) is 4. The first-order chi connectivity index (χ1) is 3.31. The van der Waals surface area contributed by atoms with E-state index >= 15 is 0 Å². The Morgan fingerprint density at radius 3 is 2.43 bits per heavy atom. The smallest absolute Gasteiger partial charge is 0.119 e. The Hall–Kier alpha value is -0.160. The van der Waals surface area contributed by atoms with E-state index in [1.54, 1.807) is 7.05 Å². The van der Waals surface area contributed by atoms with Crippen LogP contribution in [-0.4, -0.2) is 26.1 Å². The zero-order chi connectivity index (χ0) is 5.70. The summed E-state index contributed by atoms with van der Waals surface area (Å²) in [6.07, 6.45) is 0. The van der Waals surface area contributed by atoms with Crippen LogP contribution in [0.3, 0.4) is 0 Å². The summed E-state index contributed by atoms with van der Waals surface area (Å²) in [5, 5.41) is 1.18. The molecule has 0 rings (SSSR count). The molecule has 0 spiro atoms. The fraction of sp³-hybridized carbons (Fsp3) is 1.00. The fourth-order valence-electron chi connectivity index (χ4n) is 0.158. The lowest BCUT2D eigenvalue weighted by Crippen LogP contribution is -2.21. The quantitative estimate of drug-likeness (QED) is 0.383. The number of rotatable bonds is 3. The molecule has 0 radical (unpaired) electrons. The van der Waals surface area contributed by atoms with Crippen molar-refractivity contribution in [2.75, 3.05) is 20.9 Å². The third-order valence-corrected chi connectivity index (χ3v) is 0.513. The second-order valence-corrected chi connectivity index (χ2v) is 0.918. The van der Waals surface area contributed by atoms with Crippen LogP contribution in [0.2, 0.25) is 0 Å². The minimum atomic E-state index is 0.143. The van der Waals surface area contributed by atoms with Gasteiger partial charge in [0.25, 0.3) is 0 Å². The van der Waals surface area contributed by atoms with Gasteiger partial charge in [0.1, 0.15) is 6.73 Å². The average Bonchev–Trinajstić information content (AvgIpc) is 1.68. The summed E-state index contributed by atoms with van der Waals surface area (Å²) in [6.45, 7) is 0.143. The Kier molecular flexibility index (Phi) is 3.92. The lowest BCUT2D eigenvalue weighted by molar-refractivity contribution is -0.339. The van der Waals surface area contributed by atoms with Gasteiger partial charge in [0.15, 0.2) is 0 Å². The lowest BCUT2D eigenvalue weighted by atomic mass is 11.3. The first-order valence-electron chi connectivity index (χ1n) is 1.92. The van der Waals surface area contributed by atoms with Crippen LogP contribution in [0.5, 0.6) is 0 Å². The molecule has 0 fully saturated rings. The second kappa shape index (κ2) is 4.01. The summed E-state index contributed by atoms with van der Waals surface area (Å²) < 4.78 is 0. The highest BCUT2D eigenvalue weighted by molar-refractivity contribution is 3.96. The molecule has 0 heterocycles. The zero-order valence-electron chi connectivity index (χ0n) is 4.55. The SMILES string of the molecule is CON(C)OCN. The lowest BCUT2D eigenvalue weighted by Gasteiger charge is -2.09. The molecule has 0 amide bonds. The van der Waals surface area contributed by atoms with Crippen LogP contribution in [0.1, 0.15) is 0 Å². The molecule has 44 valence electrons. The van der Waals surface area contributed by atoms with Gasteiger partial charge in [0.05, 0.1) is 7.11 Å². The van der Waals surface area contributed by atoms with Crippen molar-refractivity contribution in [3.05, 3.63) is 0 Å². The van der Waals surface area contributed by atoms with Gasteiger partial charge >= 0.3 is 0 Å². The first kappa shape index (κ1) is 6.84. The summed E-state index contributed by atoms with van der Waals surface area (Å²) in [4.78, 5) is 9.10. The number of hydrogen-bond donors (Lipinski definition) is 1. The third-order valence-electron chi connectivity index (χ3n) is 0.513. The van der Waals surface area contributed by atoms with Gasteiger partial charge in [0.2, 0.25) is 0 Å². The molecule has 0 bridgehead atoms. The monoisotopic (exact) mass is 106 g/mol. The van der Waals surface area contributed by atoms with Crippen molar-refractivity contribution in [2.24, 2.45) is 5.73 Å². The molecule has 0 aromatic heterocycles. The molecule has 0 aromatic rings. The largest absolute Gasteiger partial charge is 0.307 e. The van der Waals surface area contributed by atoms with E-state index in [4.69, 9.17) is 5.73 Å². The summed E-state index contributed by atoms with van der Waals surface area (Å²) in [5.41, 5.74) is 4.96. The van der Waals surface area contributed by atoms with Crippen molar-refractivity contribution in [1.29, 1.82) is 0 Å². The Balaban J connectivity index is 2.83. The van der Waals surface area contributed by atoms with Crippen LogP contribution in [0.15, 0.2) is 0 Å². The summed E-state index contributed by atoms with van der Waals surface area (Å²) in [7, 11) is 3.11. The van der Waals surface area contributed by atoms with Gasteiger partial charge in [0, 0.05) is 7.05 Å². The van der Waals surface area contributed by atoms with Gasteiger partial charge in [-0.15, -0.1) is 0 Å². The topological polar surface area (TPSA) is 47.7 Å². The van der Waals surface area contributed by atoms with E-state index < -0.39 is 0 Å². The maximum absolute atomic E-state index is 4.96. The van der Waals surface area contributed by atoms with Crippen molar-refractivity contribution in [3.63, 3.8) is 0 Å². The maximum Gasteiger partial charge on any atom is 0.119 e. The highest BCUT2D eigenvalue weighted by atomic mass is 16.9. The number of hydroxylamine groups is 2. The Bertz CT molecular complexity index is 41.9. The Labute approximate surface area is 42.7 Å². The van der Waals surface area contributed by atoms with Gasteiger partial charge in [-0.3, -0.25) is 9.68 Å². The normalized spacial score (nSPS) is 10.3. The van der Waals surface area contributed by atoms with Crippen LogP contribution in [0.25, 0.3) is 0 Å². The molecule has 0 aliphatic rings. The van der Waals surface area contributed by atoms with E-state index in [-0.39, 0.29) is 6.73 Å². The number of nitrogens with two attached hydrogens (primary N) is 1. The van der Waals surface area contributed by atoms with Gasteiger partial charge in [-0.25, -0.2) is 0 Å². The first-order valence-corrected chi connectivity index (χ1v) is 1.92. The molecule has 0 atom stereocenters. The van der Waals surface area contributed by atoms with Gasteiger partial charge in [-0.1, -0.05) is 5.23 Å². The van der Waals surface area contributed by atoms with Crippen molar-refractivity contribution in [2.45, 2.75) is 0 Å². The standard InChI is InChI=1S/C3H10N2O2/c1-5(6-2)7-3-4/h3-4H2,1-2H3. The Morgan fingerprint density at radius 1 is 1.71 bits per heavy atom.